The average molecular weight is 326 g/mol. The normalized spacial score (nSPS) is 11.2. The molecule has 0 heterocycles. The van der Waals surface area contributed by atoms with E-state index in [4.69, 9.17) is 17.0 Å². The summed E-state index contributed by atoms with van der Waals surface area (Å²) in [7, 11) is 1.57. The fourth-order valence-electron chi connectivity index (χ4n) is 2.66. The molecule has 0 bridgehead atoms. The number of hydrogen-bond acceptors (Lipinski definition) is 3. The fourth-order valence-corrected chi connectivity index (χ4v) is 2.83. The first-order chi connectivity index (χ1) is 10.8. The summed E-state index contributed by atoms with van der Waals surface area (Å²) in [6, 6.07) is 11.9. The van der Waals surface area contributed by atoms with Gasteiger partial charge >= 0.3 is 0 Å². The van der Waals surface area contributed by atoms with E-state index in [1.807, 2.05) is 37.3 Å². The molecule has 0 saturated heterocycles. The number of carbonyl (C=O) groups excluding carboxylic acids is 1. The Bertz CT molecular complexity index is 755. The highest BCUT2D eigenvalue weighted by atomic mass is 32.1. The average Bonchev–Trinajstić information content (AvgIpc) is 2.52. The molecule has 2 nitrogen and oxygen atoms in total. The molecule has 0 fully saturated rings. The van der Waals surface area contributed by atoms with Crippen LogP contribution in [0.5, 0.6) is 0 Å². The molecule has 120 valence electrons. The van der Waals surface area contributed by atoms with Gasteiger partial charge < -0.3 is 4.74 Å². The molecule has 0 aromatic heterocycles. The molecule has 23 heavy (non-hydrogen) atoms. The van der Waals surface area contributed by atoms with Crippen LogP contribution in [0, 0.1) is 6.92 Å². The van der Waals surface area contributed by atoms with Crippen molar-refractivity contribution in [1.82, 2.24) is 0 Å². The van der Waals surface area contributed by atoms with Crippen LogP contribution in [-0.2, 0) is 10.2 Å². The van der Waals surface area contributed by atoms with E-state index in [0.29, 0.717) is 10.6 Å². The van der Waals surface area contributed by atoms with Crippen molar-refractivity contribution in [2.75, 3.05) is 7.11 Å². The lowest BCUT2D eigenvalue weighted by atomic mass is 9.83. The van der Waals surface area contributed by atoms with E-state index in [-0.39, 0.29) is 5.41 Å². The number of hydrogen-bond donors (Lipinski definition) is 0. The van der Waals surface area contributed by atoms with Crippen molar-refractivity contribution in [3.63, 3.8) is 0 Å². The number of rotatable bonds is 3. The zero-order valence-electron chi connectivity index (χ0n) is 14.3. The number of carbonyl (C=O) groups is 1. The van der Waals surface area contributed by atoms with Crippen molar-refractivity contribution < 1.29 is 9.53 Å². The zero-order chi connectivity index (χ0) is 17.2. The van der Waals surface area contributed by atoms with Gasteiger partial charge in [0.05, 0.1) is 7.11 Å². The minimum absolute atomic E-state index is 0.00726. The van der Waals surface area contributed by atoms with Gasteiger partial charge in [-0.1, -0.05) is 45.0 Å². The largest absolute Gasteiger partial charge is 0.486 e. The lowest BCUT2D eigenvalue weighted by molar-refractivity contribution is 0.112. The van der Waals surface area contributed by atoms with Gasteiger partial charge in [0.1, 0.15) is 0 Å². The number of aryl methyl sites for hydroxylation is 1. The molecule has 0 spiro atoms. The highest BCUT2D eigenvalue weighted by molar-refractivity contribution is 7.80. The Morgan fingerprint density at radius 3 is 2.43 bits per heavy atom. The Hall–Kier alpha value is -2.00. The lowest BCUT2D eigenvalue weighted by Gasteiger charge is -2.21. The third-order valence-electron chi connectivity index (χ3n) is 3.99. The summed E-state index contributed by atoms with van der Waals surface area (Å²) in [6.45, 7) is 8.42. The highest BCUT2D eigenvalue weighted by Gasteiger charge is 2.19. The Morgan fingerprint density at radius 2 is 1.87 bits per heavy atom. The van der Waals surface area contributed by atoms with Crippen LogP contribution >= 0.6 is 12.2 Å². The zero-order valence-corrected chi connectivity index (χ0v) is 15.1. The topological polar surface area (TPSA) is 26.3 Å². The van der Waals surface area contributed by atoms with E-state index in [1.54, 1.807) is 7.11 Å². The van der Waals surface area contributed by atoms with E-state index in [2.05, 4.69) is 26.8 Å². The van der Waals surface area contributed by atoms with Gasteiger partial charge in [-0.3, -0.25) is 4.79 Å². The second-order valence-corrected chi connectivity index (χ2v) is 7.03. The minimum Gasteiger partial charge on any atom is -0.486 e. The molecular formula is C20H22O2S. The number of ether oxygens (including phenoxy) is 1. The first-order valence-electron chi connectivity index (χ1n) is 7.57. The summed E-state index contributed by atoms with van der Waals surface area (Å²) in [5.74, 6) is 0. The van der Waals surface area contributed by atoms with E-state index in [1.165, 1.54) is 0 Å². The first-order valence-corrected chi connectivity index (χ1v) is 7.98. The molecule has 0 atom stereocenters. The molecule has 2 aromatic carbocycles. The van der Waals surface area contributed by atoms with Crippen molar-refractivity contribution in [3.05, 3.63) is 58.7 Å². The summed E-state index contributed by atoms with van der Waals surface area (Å²) >= 11 is 5.32. The fraction of sp³-hybridized carbons (Fsp3) is 0.300. The van der Waals surface area contributed by atoms with Crippen molar-refractivity contribution in [2.45, 2.75) is 33.1 Å². The maximum Gasteiger partial charge on any atom is 0.191 e. The molecule has 0 unspecified atom stereocenters. The van der Waals surface area contributed by atoms with Gasteiger partial charge in [0.2, 0.25) is 0 Å². The molecule has 0 saturated carbocycles. The predicted molar refractivity (Wildman–Crippen MR) is 99.4 cm³/mol. The molecule has 0 aliphatic rings. The molecular weight excluding hydrogens is 304 g/mol. The van der Waals surface area contributed by atoms with Gasteiger partial charge in [-0.2, -0.15) is 0 Å². The Kier molecular flexibility index (Phi) is 5.00. The number of thiocarbonyl (C=S) groups is 1. The Balaban J connectivity index is 2.73. The summed E-state index contributed by atoms with van der Waals surface area (Å²) in [5, 5.41) is 0.431. The maximum atomic E-state index is 11.7. The van der Waals surface area contributed by atoms with E-state index < -0.39 is 0 Å². The molecule has 0 amide bonds. The van der Waals surface area contributed by atoms with Gasteiger partial charge in [-0.15, -0.1) is 0 Å². The first kappa shape index (κ1) is 17.4. The maximum absolute atomic E-state index is 11.7. The number of aldehydes is 1. The summed E-state index contributed by atoms with van der Waals surface area (Å²) in [6.07, 6.45) is 0.913. The quantitative estimate of drug-likeness (QED) is 0.580. The van der Waals surface area contributed by atoms with E-state index >= 15 is 0 Å². The molecule has 2 aromatic rings. The van der Waals surface area contributed by atoms with Crippen LogP contribution in [0.4, 0.5) is 0 Å². The van der Waals surface area contributed by atoms with Crippen molar-refractivity contribution in [1.29, 1.82) is 0 Å². The minimum atomic E-state index is -0.00726. The van der Waals surface area contributed by atoms with Crippen LogP contribution in [0.15, 0.2) is 36.4 Å². The van der Waals surface area contributed by atoms with E-state index in [9.17, 15) is 4.79 Å². The summed E-state index contributed by atoms with van der Waals surface area (Å²) in [4.78, 5) is 11.7. The van der Waals surface area contributed by atoms with Crippen molar-refractivity contribution in [3.8, 4) is 11.1 Å². The molecule has 3 heteroatoms. The van der Waals surface area contributed by atoms with Gasteiger partial charge in [-0.05, 0) is 58.9 Å². The Labute approximate surface area is 143 Å². The lowest BCUT2D eigenvalue weighted by Crippen LogP contribution is -2.12. The van der Waals surface area contributed by atoms with Gasteiger partial charge in [0.15, 0.2) is 11.3 Å². The third-order valence-corrected chi connectivity index (χ3v) is 4.38. The molecule has 0 N–H and O–H groups in total. The molecule has 0 radical (unpaired) electrons. The SMILES string of the molecule is COC(=S)c1cccc(C)c1-c1ccc(C(C)(C)C)cc1C=O. The van der Waals surface area contributed by atoms with Crippen LogP contribution in [0.1, 0.15) is 47.8 Å². The van der Waals surface area contributed by atoms with Crippen LogP contribution in [0.3, 0.4) is 0 Å². The standard InChI is InChI=1S/C20H22O2S/c1-13-7-6-8-17(19(23)22-5)18(13)16-10-9-15(20(2,3)4)11-14(16)12-21/h6-12H,1-5H3. The van der Waals surface area contributed by atoms with Gasteiger partial charge in [0.25, 0.3) is 0 Å². The van der Waals surface area contributed by atoms with Crippen LogP contribution in [-0.4, -0.2) is 18.4 Å². The summed E-state index contributed by atoms with van der Waals surface area (Å²) < 4.78 is 5.25. The van der Waals surface area contributed by atoms with Gasteiger partial charge in [0, 0.05) is 11.1 Å². The van der Waals surface area contributed by atoms with Crippen LogP contribution in [0.25, 0.3) is 11.1 Å². The van der Waals surface area contributed by atoms with Gasteiger partial charge in [-0.25, -0.2) is 0 Å². The highest BCUT2D eigenvalue weighted by Crippen LogP contribution is 2.33. The third kappa shape index (κ3) is 3.50. The van der Waals surface area contributed by atoms with E-state index in [0.717, 1.165) is 34.1 Å². The van der Waals surface area contributed by atoms with Crippen molar-refractivity contribution >= 4 is 23.6 Å². The number of benzene rings is 2. The van der Waals surface area contributed by atoms with Crippen LogP contribution in [0.2, 0.25) is 0 Å². The Morgan fingerprint density at radius 1 is 1.17 bits per heavy atom. The van der Waals surface area contributed by atoms with Crippen molar-refractivity contribution in [2.24, 2.45) is 0 Å². The second kappa shape index (κ2) is 6.63. The molecule has 0 aliphatic heterocycles. The smallest absolute Gasteiger partial charge is 0.191 e. The van der Waals surface area contributed by atoms with Crippen LogP contribution < -0.4 is 0 Å². The molecule has 2 rings (SSSR count). The number of methoxy groups -OCH3 is 1. The molecule has 0 aliphatic carbocycles. The predicted octanol–water partition coefficient (Wildman–Crippen LogP) is 5.09. The monoisotopic (exact) mass is 326 g/mol. The summed E-state index contributed by atoms with van der Waals surface area (Å²) in [5.41, 5.74) is 5.55. The second-order valence-electron chi connectivity index (χ2n) is 6.66.